The molecule has 4 nitrogen and oxygen atoms in total. The van der Waals surface area contributed by atoms with E-state index in [0.29, 0.717) is 19.6 Å². The summed E-state index contributed by atoms with van der Waals surface area (Å²) < 4.78 is 11.5. The Kier molecular flexibility index (Phi) is 3.89. The molecule has 124 valence electrons. The van der Waals surface area contributed by atoms with Crippen LogP contribution in [-0.4, -0.2) is 19.1 Å². The lowest BCUT2D eigenvalue weighted by atomic mass is 9.97. The fourth-order valence-corrected chi connectivity index (χ4v) is 3.46. The van der Waals surface area contributed by atoms with Gasteiger partial charge in [-0.3, -0.25) is 4.79 Å². The van der Waals surface area contributed by atoms with Gasteiger partial charge in [0.15, 0.2) is 0 Å². The molecule has 24 heavy (non-hydrogen) atoms. The molecular weight excluding hydrogens is 302 g/mol. The van der Waals surface area contributed by atoms with Crippen LogP contribution in [0.15, 0.2) is 30.3 Å². The van der Waals surface area contributed by atoms with E-state index in [-0.39, 0.29) is 5.91 Å². The van der Waals surface area contributed by atoms with Crippen LogP contribution in [-0.2, 0) is 30.5 Å². The van der Waals surface area contributed by atoms with Crippen molar-refractivity contribution >= 4 is 11.6 Å². The molecule has 0 radical (unpaired) electrons. The van der Waals surface area contributed by atoms with Crippen molar-refractivity contribution in [3.05, 3.63) is 52.6 Å². The lowest BCUT2D eigenvalue weighted by molar-refractivity contribution is -0.115. The molecule has 0 saturated heterocycles. The zero-order valence-electron chi connectivity index (χ0n) is 13.9. The minimum Gasteiger partial charge on any atom is -0.493 e. The zero-order chi connectivity index (χ0) is 16.5. The van der Waals surface area contributed by atoms with E-state index in [1.54, 1.807) is 0 Å². The van der Waals surface area contributed by atoms with Crippen molar-refractivity contribution in [2.75, 3.05) is 18.5 Å². The molecule has 1 N–H and O–H groups in total. The molecule has 2 heterocycles. The van der Waals surface area contributed by atoms with E-state index in [1.165, 1.54) is 5.56 Å². The molecular formula is C20H21NO3. The van der Waals surface area contributed by atoms with Gasteiger partial charge in [-0.05, 0) is 30.2 Å². The normalized spacial score (nSPS) is 14.5. The van der Waals surface area contributed by atoms with Gasteiger partial charge in [0.2, 0.25) is 5.91 Å². The summed E-state index contributed by atoms with van der Waals surface area (Å²) in [5.74, 6) is 1.81. The Morgan fingerprint density at radius 2 is 1.92 bits per heavy atom. The summed E-state index contributed by atoms with van der Waals surface area (Å²) >= 11 is 0. The molecule has 0 aliphatic carbocycles. The lowest BCUT2D eigenvalue weighted by Crippen LogP contribution is -2.16. The van der Waals surface area contributed by atoms with Gasteiger partial charge in [0.05, 0.1) is 19.6 Å². The molecule has 0 atom stereocenters. The fourth-order valence-electron chi connectivity index (χ4n) is 3.46. The Balaban J connectivity index is 1.55. The number of benzene rings is 2. The van der Waals surface area contributed by atoms with E-state index in [9.17, 15) is 4.79 Å². The quantitative estimate of drug-likeness (QED) is 0.939. The molecule has 0 bridgehead atoms. The number of hydrogen-bond donors (Lipinski definition) is 1. The Labute approximate surface area is 141 Å². The van der Waals surface area contributed by atoms with Crippen molar-refractivity contribution in [2.24, 2.45) is 0 Å². The van der Waals surface area contributed by atoms with Crippen LogP contribution in [0, 0.1) is 0 Å². The first kappa shape index (κ1) is 15.1. The highest BCUT2D eigenvalue weighted by molar-refractivity contribution is 5.93. The lowest BCUT2D eigenvalue weighted by Gasteiger charge is -2.13. The number of nitrogens with one attached hydrogen (secondary N) is 1. The van der Waals surface area contributed by atoms with E-state index in [1.807, 2.05) is 24.3 Å². The maximum Gasteiger partial charge on any atom is 0.228 e. The molecule has 0 saturated carbocycles. The number of carbonyl (C=O) groups is 1. The number of aryl methyl sites for hydroxylation is 1. The van der Waals surface area contributed by atoms with Gasteiger partial charge >= 0.3 is 0 Å². The van der Waals surface area contributed by atoms with E-state index < -0.39 is 0 Å². The van der Waals surface area contributed by atoms with Crippen molar-refractivity contribution in [1.82, 2.24) is 0 Å². The van der Waals surface area contributed by atoms with Gasteiger partial charge in [-0.1, -0.05) is 19.1 Å². The second kappa shape index (κ2) is 6.19. The maximum absolute atomic E-state index is 12.5. The number of fused-ring (bicyclic) bond motifs is 2. The third-order valence-corrected chi connectivity index (χ3v) is 4.74. The van der Waals surface area contributed by atoms with Gasteiger partial charge in [0.1, 0.15) is 11.5 Å². The molecule has 2 aliphatic rings. The number of hydrogen-bond acceptors (Lipinski definition) is 3. The highest BCUT2D eigenvalue weighted by atomic mass is 16.5. The van der Waals surface area contributed by atoms with Crippen LogP contribution >= 0.6 is 0 Å². The zero-order valence-corrected chi connectivity index (χ0v) is 13.9. The minimum atomic E-state index is -0.0164. The van der Waals surface area contributed by atoms with Gasteiger partial charge in [0, 0.05) is 35.2 Å². The summed E-state index contributed by atoms with van der Waals surface area (Å²) in [6.45, 7) is 3.49. The van der Waals surface area contributed by atoms with Gasteiger partial charge in [-0.25, -0.2) is 0 Å². The monoisotopic (exact) mass is 323 g/mol. The summed E-state index contributed by atoms with van der Waals surface area (Å²) in [6.07, 6.45) is 3.05. The van der Waals surface area contributed by atoms with E-state index in [2.05, 4.69) is 18.3 Å². The highest BCUT2D eigenvalue weighted by Gasteiger charge is 2.27. The van der Waals surface area contributed by atoms with Crippen LogP contribution in [0.25, 0.3) is 0 Å². The molecule has 0 unspecified atom stereocenters. The number of anilines is 1. The Morgan fingerprint density at radius 3 is 2.71 bits per heavy atom. The molecule has 2 aromatic rings. The smallest absolute Gasteiger partial charge is 0.228 e. The third-order valence-electron chi connectivity index (χ3n) is 4.74. The fraction of sp³-hybridized carbons (Fsp3) is 0.350. The topological polar surface area (TPSA) is 47.6 Å². The van der Waals surface area contributed by atoms with E-state index in [0.717, 1.165) is 53.1 Å². The SMILES string of the molecule is CCc1ccc(NC(=O)Cc2c3c(cc4c2OCC4)OCC3)cc1. The molecule has 0 spiro atoms. The molecule has 1 amide bonds. The highest BCUT2D eigenvalue weighted by Crippen LogP contribution is 2.40. The van der Waals surface area contributed by atoms with Crippen LogP contribution in [0.4, 0.5) is 5.69 Å². The van der Waals surface area contributed by atoms with Crippen molar-refractivity contribution in [2.45, 2.75) is 32.6 Å². The van der Waals surface area contributed by atoms with E-state index >= 15 is 0 Å². The molecule has 2 aliphatic heterocycles. The molecule has 0 fully saturated rings. The summed E-state index contributed by atoms with van der Waals surface area (Å²) in [5, 5.41) is 2.99. The largest absolute Gasteiger partial charge is 0.493 e. The van der Waals surface area contributed by atoms with Gasteiger partial charge in [-0.2, -0.15) is 0 Å². The average molecular weight is 323 g/mol. The Bertz CT molecular complexity index is 748. The molecule has 4 rings (SSSR count). The Hall–Kier alpha value is -2.49. The van der Waals surface area contributed by atoms with Crippen LogP contribution in [0.2, 0.25) is 0 Å². The number of amides is 1. The van der Waals surface area contributed by atoms with Crippen LogP contribution in [0.5, 0.6) is 11.5 Å². The summed E-state index contributed by atoms with van der Waals surface area (Å²) in [7, 11) is 0. The second-order valence-electron chi connectivity index (χ2n) is 6.29. The standard InChI is InChI=1S/C20H21NO3/c1-2-13-3-5-15(6-4-13)21-19(22)12-17-16-8-10-23-18(16)11-14-7-9-24-20(14)17/h3-6,11H,2,7-10,12H2,1H3,(H,21,22). The second-order valence-corrected chi connectivity index (χ2v) is 6.29. The number of rotatable bonds is 4. The van der Waals surface area contributed by atoms with Crippen LogP contribution in [0.1, 0.15) is 29.2 Å². The van der Waals surface area contributed by atoms with Crippen molar-refractivity contribution in [3.8, 4) is 11.5 Å². The van der Waals surface area contributed by atoms with Crippen LogP contribution in [0.3, 0.4) is 0 Å². The van der Waals surface area contributed by atoms with E-state index in [4.69, 9.17) is 9.47 Å². The molecule has 2 aromatic carbocycles. The van der Waals surface area contributed by atoms with Gasteiger partial charge in [-0.15, -0.1) is 0 Å². The van der Waals surface area contributed by atoms with Gasteiger partial charge in [0.25, 0.3) is 0 Å². The summed E-state index contributed by atoms with van der Waals surface area (Å²) in [5.41, 5.74) is 5.38. The molecule has 4 heteroatoms. The summed E-state index contributed by atoms with van der Waals surface area (Å²) in [6, 6.07) is 10.1. The number of ether oxygens (including phenoxy) is 2. The van der Waals surface area contributed by atoms with Gasteiger partial charge < -0.3 is 14.8 Å². The summed E-state index contributed by atoms with van der Waals surface area (Å²) in [4.78, 5) is 12.5. The Morgan fingerprint density at radius 1 is 1.12 bits per heavy atom. The average Bonchev–Trinajstić information content (AvgIpc) is 3.24. The number of carbonyl (C=O) groups excluding carboxylic acids is 1. The first-order valence-corrected chi connectivity index (χ1v) is 8.56. The van der Waals surface area contributed by atoms with Crippen molar-refractivity contribution < 1.29 is 14.3 Å². The minimum absolute atomic E-state index is 0.0164. The first-order valence-electron chi connectivity index (χ1n) is 8.56. The first-order chi connectivity index (χ1) is 11.7. The predicted octanol–water partition coefficient (Wildman–Crippen LogP) is 3.30. The molecule has 0 aromatic heterocycles. The van der Waals surface area contributed by atoms with Crippen LogP contribution < -0.4 is 14.8 Å². The maximum atomic E-state index is 12.5. The van der Waals surface area contributed by atoms with Crippen molar-refractivity contribution in [3.63, 3.8) is 0 Å². The van der Waals surface area contributed by atoms with Crippen molar-refractivity contribution in [1.29, 1.82) is 0 Å². The predicted molar refractivity (Wildman–Crippen MR) is 93.0 cm³/mol. The third kappa shape index (κ3) is 2.73.